The highest BCUT2D eigenvalue weighted by Crippen LogP contribution is 2.29. The largest absolute Gasteiger partial charge is 0.491 e. The summed E-state index contributed by atoms with van der Waals surface area (Å²) in [5, 5.41) is 1.07. The summed E-state index contributed by atoms with van der Waals surface area (Å²) in [6, 6.07) is 16.2. The predicted octanol–water partition coefficient (Wildman–Crippen LogP) is 3.49. The topological polar surface area (TPSA) is 72.7 Å². The highest BCUT2D eigenvalue weighted by Gasteiger charge is 2.22. The number of hydrogen-bond acceptors (Lipinski definition) is 6. The smallest absolute Gasteiger partial charge is 0.237 e. The van der Waals surface area contributed by atoms with Gasteiger partial charge in [-0.1, -0.05) is 12.1 Å². The molecule has 0 atom stereocenters. The molecule has 0 unspecified atom stereocenters. The van der Waals surface area contributed by atoms with Crippen LogP contribution in [0.2, 0.25) is 0 Å². The average molecular weight is 480 g/mol. The molecule has 2 aromatic heterocycles. The van der Waals surface area contributed by atoms with E-state index in [1.54, 1.807) is 13.4 Å². The third-order valence-corrected chi connectivity index (χ3v) is 6.32. The molecular formula is C25H26ClN5O3. The number of benzene rings is 2. The Bertz CT molecular complexity index is 1320. The fraction of sp³-hybridized carbons (Fsp3) is 0.320. The molecule has 8 nitrogen and oxygen atoms in total. The van der Waals surface area contributed by atoms with Gasteiger partial charge in [0.2, 0.25) is 5.91 Å². The lowest BCUT2D eigenvalue weighted by Crippen LogP contribution is -2.49. The molecule has 0 aliphatic carbocycles. The van der Waals surface area contributed by atoms with Crippen LogP contribution in [0.3, 0.4) is 0 Å². The molecule has 1 amide bonds. The Kier molecular flexibility index (Phi) is 6.51. The number of nitrogens with zero attached hydrogens (tertiary/aromatic N) is 5. The van der Waals surface area contributed by atoms with Crippen LogP contribution >= 0.6 is 11.6 Å². The Balaban J connectivity index is 1.44. The monoisotopic (exact) mass is 479 g/mol. The number of pyridine rings is 1. The number of rotatable bonds is 7. The van der Waals surface area contributed by atoms with Crippen LogP contribution in [-0.2, 0) is 9.53 Å². The lowest BCUT2D eigenvalue weighted by molar-refractivity contribution is -0.128. The first-order valence-electron chi connectivity index (χ1n) is 11.3. The summed E-state index contributed by atoms with van der Waals surface area (Å²) >= 11 is 5.73. The van der Waals surface area contributed by atoms with E-state index >= 15 is 0 Å². The second kappa shape index (κ2) is 9.87. The quantitative estimate of drug-likeness (QED) is 0.298. The van der Waals surface area contributed by atoms with Crippen molar-refractivity contribution in [2.75, 3.05) is 57.3 Å². The van der Waals surface area contributed by atoms with Gasteiger partial charge in [0.1, 0.15) is 30.4 Å². The molecule has 9 heteroatoms. The third kappa shape index (κ3) is 4.38. The Morgan fingerprint density at radius 3 is 2.71 bits per heavy atom. The number of hydrogen-bond donors (Lipinski definition) is 0. The van der Waals surface area contributed by atoms with Crippen molar-refractivity contribution >= 4 is 45.1 Å². The molecule has 1 saturated heterocycles. The van der Waals surface area contributed by atoms with Crippen molar-refractivity contribution in [3.8, 4) is 11.6 Å². The van der Waals surface area contributed by atoms with Gasteiger partial charge in [-0.2, -0.15) is 0 Å². The molecule has 3 heterocycles. The molecule has 0 saturated carbocycles. The number of anilines is 1. The summed E-state index contributed by atoms with van der Waals surface area (Å²) in [7, 11) is 1.65. The van der Waals surface area contributed by atoms with Gasteiger partial charge in [0.25, 0.3) is 0 Å². The van der Waals surface area contributed by atoms with Crippen LogP contribution in [0.5, 0.6) is 5.75 Å². The zero-order chi connectivity index (χ0) is 23.5. The van der Waals surface area contributed by atoms with Gasteiger partial charge in [-0.3, -0.25) is 9.36 Å². The summed E-state index contributed by atoms with van der Waals surface area (Å²) < 4.78 is 12.7. The van der Waals surface area contributed by atoms with Gasteiger partial charge in [-0.05, 0) is 30.3 Å². The number of imidazole rings is 1. The van der Waals surface area contributed by atoms with Crippen LogP contribution < -0.4 is 9.64 Å². The van der Waals surface area contributed by atoms with E-state index < -0.39 is 0 Å². The summed E-state index contributed by atoms with van der Waals surface area (Å²) in [6.45, 7) is 3.83. The molecule has 0 radical (unpaired) electrons. The highest BCUT2D eigenvalue weighted by atomic mass is 35.5. The van der Waals surface area contributed by atoms with Crippen LogP contribution in [0, 0.1) is 0 Å². The number of piperazine rings is 1. The number of ether oxygens (including phenoxy) is 2. The molecule has 0 spiro atoms. The number of amides is 1. The van der Waals surface area contributed by atoms with E-state index in [2.05, 4.69) is 28.1 Å². The van der Waals surface area contributed by atoms with Crippen molar-refractivity contribution in [1.82, 2.24) is 19.4 Å². The number of carbonyl (C=O) groups is 1. The maximum absolute atomic E-state index is 11.9. The summed E-state index contributed by atoms with van der Waals surface area (Å²) in [5.41, 5.74) is 3.79. The minimum atomic E-state index is -0.0149. The fourth-order valence-corrected chi connectivity index (χ4v) is 4.47. The van der Waals surface area contributed by atoms with E-state index in [9.17, 15) is 4.79 Å². The number of carbonyl (C=O) groups excluding carboxylic acids is 1. The molecule has 1 fully saturated rings. The number of para-hydroxylation sites is 1. The van der Waals surface area contributed by atoms with Crippen molar-refractivity contribution in [3.63, 3.8) is 0 Å². The van der Waals surface area contributed by atoms with Crippen molar-refractivity contribution in [1.29, 1.82) is 0 Å². The first kappa shape index (κ1) is 22.4. The molecule has 5 rings (SSSR count). The molecule has 1 aliphatic heterocycles. The van der Waals surface area contributed by atoms with Crippen LogP contribution in [-0.4, -0.2) is 77.7 Å². The Labute approximate surface area is 202 Å². The molecule has 176 valence electrons. The SMILES string of the molecule is COCCOc1ccc2c(c1)ncn2-c1ccc2cccc(N3CCN(C(=O)CCl)CC3)c2n1. The van der Waals surface area contributed by atoms with E-state index in [4.69, 9.17) is 26.1 Å². The highest BCUT2D eigenvalue weighted by molar-refractivity contribution is 6.27. The number of aromatic nitrogens is 3. The van der Waals surface area contributed by atoms with Gasteiger partial charge < -0.3 is 19.3 Å². The number of fused-ring (bicyclic) bond motifs is 2. The normalized spacial score (nSPS) is 14.2. The van der Waals surface area contributed by atoms with E-state index in [0.717, 1.165) is 52.3 Å². The Hall–Kier alpha value is -3.36. The van der Waals surface area contributed by atoms with Gasteiger partial charge in [-0.25, -0.2) is 9.97 Å². The van der Waals surface area contributed by atoms with Gasteiger partial charge in [0.15, 0.2) is 0 Å². The molecule has 4 aromatic rings. The molecule has 0 N–H and O–H groups in total. The van der Waals surface area contributed by atoms with Gasteiger partial charge >= 0.3 is 0 Å². The van der Waals surface area contributed by atoms with Crippen LogP contribution in [0.1, 0.15) is 0 Å². The average Bonchev–Trinajstić information content (AvgIpc) is 3.31. The van der Waals surface area contributed by atoms with Crippen LogP contribution in [0.15, 0.2) is 54.9 Å². The number of methoxy groups -OCH3 is 1. The second-order valence-corrected chi connectivity index (χ2v) is 8.39. The minimum absolute atomic E-state index is 0.0149. The van der Waals surface area contributed by atoms with Crippen molar-refractivity contribution < 1.29 is 14.3 Å². The summed E-state index contributed by atoms with van der Waals surface area (Å²) in [4.78, 5) is 25.6. The van der Waals surface area contributed by atoms with E-state index in [-0.39, 0.29) is 11.8 Å². The third-order valence-electron chi connectivity index (χ3n) is 6.09. The summed E-state index contributed by atoms with van der Waals surface area (Å²) in [5.74, 6) is 1.57. The zero-order valence-electron chi connectivity index (χ0n) is 19.0. The second-order valence-electron chi connectivity index (χ2n) is 8.13. The lowest BCUT2D eigenvalue weighted by atomic mass is 10.1. The molecule has 0 bridgehead atoms. The fourth-order valence-electron chi connectivity index (χ4n) is 4.30. The molecule has 2 aromatic carbocycles. The molecular weight excluding hydrogens is 454 g/mol. The Morgan fingerprint density at radius 2 is 1.91 bits per heavy atom. The van der Waals surface area contributed by atoms with Crippen LogP contribution in [0.4, 0.5) is 5.69 Å². The van der Waals surface area contributed by atoms with E-state index in [0.29, 0.717) is 26.3 Å². The van der Waals surface area contributed by atoms with Gasteiger partial charge in [0.05, 0.1) is 28.8 Å². The van der Waals surface area contributed by atoms with Crippen molar-refractivity contribution in [2.45, 2.75) is 0 Å². The maximum Gasteiger partial charge on any atom is 0.237 e. The molecule has 1 aliphatic rings. The summed E-state index contributed by atoms with van der Waals surface area (Å²) in [6.07, 6.45) is 1.79. The number of halogens is 1. The number of alkyl halides is 1. The maximum atomic E-state index is 11.9. The van der Waals surface area contributed by atoms with E-state index in [1.807, 2.05) is 39.8 Å². The van der Waals surface area contributed by atoms with Crippen molar-refractivity contribution in [2.24, 2.45) is 0 Å². The van der Waals surface area contributed by atoms with E-state index in [1.165, 1.54) is 0 Å². The first-order chi connectivity index (χ1) is 16.7. The molecule has 34 heavy (non-hydrogen) atoms. The predicted molar refractivity (Wildman–Crippen MR) is 133 cm³/mol. The lowest BCUT2D eigenvalue weighted by Gasteiger charge is -2.36. The van der Waals surface area contributed by atoms with Gasteiger partial charge in [0, 0.05) is 44.7 Å². The standard InChI is InChI=1S/C25H26ClN5O3/c1-33-13-14-34-19-6-7-21-20(15-19)27-17-31(21)23-8-5-18-3-2-4-22(25(18)28-23)29-9-11-30(12-10-29)24(32)16-26/h2-8,15,17H,9-14,16H2,1H3. The minimum Gasteiger partial charge on any atom is -0.491 e. The van der Waals surface area contributed by atoms with Crippen molar-refractivity contribution in [3.05, 3.63) is 54.9 Å². The first-order valence-corrected chi connectivity index (χ1v) is 11.8. The van der Waals surface area contributed by atoms with Gasteiger partial charge in [-0.15, -0.1) is 11.6 Å². The zero-order valence-corrected chi connectivity index (χ0v) is 19.7. The van der Waals surface area contributed by atoms with Crippen LogP contribution in [0.25, 0.3) is 27.8 Å². The Morgan fingerprint density at radius 1 is 1.06 bits per heavy atom.